The lowest BCUT2D eigenvalue weighted by molar-refractivity contribution is -0.385. The molecule has 0 heterocycles. The summed E-state index contributed by atoms with van der Waals surface area (Å²) in [5.41, 5.74) is 1.26. The minimum atomic E-state index is -0.870. The zero-order valence-electron chi connectivity index (χ0n) is 12.6. The van der Waals surface area contributed by atoms with Crippen molar-refractivity contribution >= 4 is 11.5 Å². The van der Waals surface area contributed by atoms with Crippen LogP contribution in [0.5, 0.6) is 5.75 Å². The number of ketones is 1. The number of hydrogen-bond acceptors (Lipinski definition) is 4. The summed E-state index contributed by atoms with van der Waals surface area (Å²) in [6.45, 7) is 1.74. The van der Waals surface area contributed by atoms with E-state index in [1.54, 1.807) is 12.1 Å². The Morgan fingerprint density at radius 2 is 1.91 bits per heavy atom. The Labute approximate surface area is 132 Å². The van der Waals surface area contributed by atoms with E-state index in [-0.39, 0.29) is 23.8 Å². The smallest absolute Gasteiger partial charge is 0.272 e. The van der Waals surface area contributed by atoms with Gasteiger partial charge in [0.25, 0.3) is 5.69 Å². The van der Waals surface area contributed by atoms with Crippen molar-refractivity contribution in [2.24, 2.45) is 0 Å². The monoisotopic (exact) mass is 317 g/mol. The highest BCUT2D eigenvalue weighted by atomic mass is 19.1. The number of aryl methyl sites for hydroxylation is 1. The largest absolute Gasteiger partial charge is 0.482 e. The van der Waals surface area contributed by atoms with Crippen LogP contribution in [-0.2, 0) is 6.42 Å². The minimum absolute atomic E-state index is 0.188. The van der Waals surface area contributed by atoms with E-state index in [2.05, 4.69) is 6.92 Å². The second kappa shape index (κ2) is 7.49. The average Bonchev–Trinajstić information content (AvgIpc) is 2.54. The summed E-state index contributed by atoms with van der Waals surface area (Å²) in [5.74, 6) is -1.34. The second-order valence-electron chi connectivity index (χ2n) is 5.03. The van der Waals surface area contributed by atoms with Crippen LogP contribution in [0.15, 0.2) is 42.5 Å². The molecule has 0 aliphatic heterocycles. The third-order valence-electron chi connectivity index (χ3n) is 3.30. The van der Waals surface area contributed by atoms with Crippen molar-refractivity contribution < 1.29 is 18.8 Å². The number of hydrogen-bond donors (Lipinski definition) is 0. The highest BCUT2D eigenvalue weighted by Gasteiger charge is 2.13. The minimum Gasteiger partial charge on any atom is -0.482 e. The van der Waals surface area contributed by atoms with Gasteiger partial charge in [-0.25, -0.2) is 4.39 Å². The van der Waals surface area contributed by atoms with Crippen molar-refractivity contribution in [1.29, 1.82) is 0 Å². The molecule has 0 aliphatic rings. The molecule has 5 nitrogen and oxygen atoms in total. The number of non-ortho nitro benzene ring substituents is 1. The van der Waals surface area contributed by atoms with E-state index < -0.39 is 10.7 Å². The highest BCUT2D eigenvalue weighted by Crippen LogP contribution is 2.22. The van der Waals surface area contributed by atoms with E-state index in [9.17, 15) is 19.3 Å². The van der Waals surface area contributed by atoms with Crippen molar-refractivity contribution in [3.8, 4) is 5.75 Å². The average molecular weight is 317 g/mol. The molecule has 6 heteroatoms. The molecule has 0 atom stereocenters. The number of rotatable bonds is 7. The number of nitro benzene ring substituents is 1. The second-order valence-corrected chi connectivity index (χ2v) is 5.03. The number of ether oxygens (including phenoxy) is 1. The summed E-state index contributed by atoms with van der Waals surface area (Å²) >= 11 is 0. The Bertz CT molecular complexity index is 713. The number of carbonyl (C=O) groups is 1. The van der Waals surface area contributed by atoms with E-state index in [1.807, 2.05) is 12.1 Å². The molecule has 0 unspecified atom stereocenters. The topological polar surface area (TPSA) is 69.4 Å². The van der Waals surface area contributed by atoms with Gasteiger partial charge < -0.3 is 4.74 Å². The van der Waals surface area contributed by atoms with Gasteiger partial charge in [-0.2, -0.15) is 0 Å². The van der Waals surface area contributed by atoms with Crippen molar-refractivity contribution in [2.45, 2.75) is 19.8 Å². The molecular formula is C17H16FNO4. The van der Waals surface area contributed by atoms with Gasteiger partial charge in [0.05, 0.1) is 11.0 Å². The van der Waals surface area contributed by atoms with Crippen LogP contribution in [0.25, 0.3) is 0 Å². The number of nitrogens with zero attached hydrogens (tertiary/aromatic N) is 1. The van der Waals surface area contributed by atoms with E-state index in [0.717, 1.165) is 36.6 Å². The molecule has 2 rings (SSSR count). The Balaban J connectivity index is 2.00. The molecule has 0 aliphatic carbocycles. The number of benzene rings is 2. The molecule has 0 bridgehead atoms. The first kappa shape index (κ1) is 16.6. The van der Waals surface area contributed by atoms with Crippen molar-refractivity contribution in [2.75, 3.05) is 6.61 Å². The van der Waals surface area contributed by atoms with Crippen LogP contribution in [0, 0.1) is 15.9 Å². The summed E-state index contributed by atoms with van der Waals surface area (Å²) in [5, 5.41) is 10.5. The Morgan fingerprint density at radius 3 is 2.48 bits per heavy atom. The summed E-state index contributed by atoms with van der Waals surface area (Å²) in [6.07, 6.45) is 1.97. The van der Waals surface area contributed by atoms with Gasteiger partial charge in [0.1, 0.15) is 0 Å². The lowest BCUT2D eigenvalue weighted by atomic mass is 10.1. The summed E-state index contributed by atoms with van der Waals surface area (Å²) in [6, 6.07) is 10.2. The fourth-order valence-electron chi connectivity index (χ4n) is 2.09. The molecule has 0 N–H and O–H groups in total. The van der Waals surface area contributed by atoms with Crippen LogP contribution in [0.3, 0.4) is 0 Å². The standard InChI is InChI=1S/C17H16FNO4/c1-2-3-12-4-6-13(7-5-12)16(20)11-23-17-9-8-14(19(21)22)10-15(17)18/h4-10H,2-3,11H2,1H3. The quantitative estimate of drug-likeness (QED) is 0.440. The van der Waals surface area contributed by atoms with Crippen LogP contribution in [0.2, 0.25) is 0 Å². The van der Waals surface area contributed by atoms with Gasteiger partial charge in [0.2, 0.25) is 0 Å². The number of Topliss-reactive ketones (excluding diaryl/α,β-unsaturated/α-hetero) is 1. The predicted octanol–water partition coefficient (Wildman–Crippen LogP) is 3.95. The van der Waals surface area contributed by atoms with Crippen molar-refractivity contribution in [3.63, 3.8) is 0 Å². The Kier molecular flexibility index (Phi) is 5.41. The van der Waals surface area contributed by atoms with Gasteiger partial charge in [0.15, 0.2) is 24.0 Å². The van der Waals surface area contributed by atoms with Crippen molar-refractivity contribution in [3.05, 3.63) is 69.5 Å². The van der Waals surface area contributed by atoms with Gasteiger partial charge >= 0.3 is 0 Å². The van der Waals surface area contributed by atoms with Crippen LogP contribution < -0.4 is 4.74 Å². The highest BCUT2D eigenvalue weighted by molar-refractivity contribution is 5.97. The third-order valence-corrected chi connectivity index (χ3v) is 3.30. The Morgan fingerprint density at radius 1 is 1.22 bits per heavy atom. The molecule has 0 spiro atoms. The van der Waals surface area contributed by atoms with Crippen LogP contribution in [0.1, 0.15) is 29.3 Å². The molecule has 0 fully saturated rings. The molecule has 0 amide bonds. The van der Waals surface area contributed by atoms with Gasteiger partial charge in [-0.1, -0.05) is 37.6 Å². The first-order chi connectivity index (χ1) is 11.0. The summed E-state index contributed by atoms with van der Waals surface area (Å²) in [4.78, 5) is 21.9. The van der Waals surface area contributed by atoms with Crippen LogP contribution in [-0.4, -0.2) is 17.3 Å². The maximum Gasteiger partial charge on any atom is 0.272 e. The zero-order chi connectivity index (χ0) is 16.8. The molecule has 2 aromatic rings. The van der Waals surface area contributed by atoms with E-state index in [1.165, 1.54) is 0 Å². The molecule has 0 aromatic heterocycles. The van der Waals surface area contributed by atoms with E-state index >= 15 is 0 Å². The van der Waals surface area contributed by atoms with Gasteiger partial charge in [0, 0.05) is 11.6 Å². The van der Waals surface area contributed by atoms with Gasteiger partial charge in [-0.3, -0.25) is 14.9 Å². The maximum absolute atomic E-state index is 13.7. The number of nitro groups is 1. The van der Waals surface area contributed by atoms with Crippen molar-refractivity contribution in [1.82, 2.24) is 0 Å². The first-order valence-corrected chi connectivity index (χ1v) is 7.20. The fraction of sp³-hybridized carbons (Fsp3) is 0.235. The lowest BCUT2D eigenvalue weighted by Gasteiger charge is -2.07. The maximum atomic E-state index is 13.7. The number of carbonyl (C=O) groups excluding carboxylic acids is 1. The van der Waals surface area contributed by atoms with E-state index in [4.69, 9.17) is 4.74 Å². The summed E-state index contributed by atoms with van der Waals surface area (Å²) < 4.78 is 18.8. The lowest BCUT2D eigenvalue weighted by Crippen LogP contribution is -2.12. The van der Waals surface area contributed by atoms with Gasteiger partial charge in [-0.15, -0.1) is 0 Å². The zero-order valence-corrected chi connectivity index (χ0v) is 12.6. The molecule has 0 saturated carbocycles. The first-order valence-electron chi connectivity index (χ1n) is 7.20. The molecule has 2 aromatic carbocycles. The SMILES string of the molecule is CCCc1ccc(C(=O)COc2ccc([N+](=O)[O-])cc2F)cc1. The molecule has 23 heavy (non-hydrogen) atoms. The Hall–Kier alpha value is -2.76. The molecule has 0 saturated heterocycles. The number of halogens is 1. The van der Waals surface area contributed by atoms with Crippen LogP contribution >= 0.6 is 0 Å². The summed E-state index contributed by atoms with van der Waals surface area (Å²) in [7, 11) is 0. The molecule has 0 radical (unpaired) electrons. The fourth-order valence-corrected chi connectivity index (χ4v) is 2.09. The van der Waals surface area contributed by atoms with Crippen LogP contribution in [0.4, 0.5) is 10.1 Å². The predicted molar refractivity (Wildman–Crippen MR) is 83.3 cm³/mol. The van der Waals surface area contributed by atoms with E-state index in [0.29, 0.717) is 5.56 Å². The van der Waals surface area contributed by atoms with Gasteiger partial charge in [-0.05, 0) is 18.1 Å². The molecule has 120 valence electrons. The molecular weight excluding hydrogens is 301 g/mol. The normalized spacial score (nSPS) is 10.3. The third kappa shape index (κ3) is 4.35.